The molecule has 1 N–H and O–H groups in total. The number of allylic oxidation sites excluding steroid dienone is 2. The number of hydrogen-bond acceptors (Lipinski definition) is 4. The molecule has 0 aliphatic carbocycles. The first kappa shape index (κ1) is 22.4. The van der Waals surface area contributed by atoms with Crippen LogP contribution in [-0.2, 0) is 0 Å². The number of benzene rings is 3. The van der Waals surface area contributed by atoms with E-state index in [0.29, 0.717) is 35.2 Å². The first-order valence-corrected chi connectivity index (χ1v) is 11.1. The average molecular weight is 438 g/mol. The molecule has 4 rings (SSSR count). The Bertz CT molecular complexity index is 1130. The van der Waals surface area contributed by atoms with Gasteiger partial charge >= 0.3 is 0 Å². The smallest absolute Gasteiger partial charge is 0.191 e. The van der Waals surface area contributed by atoms with Crippen LogP contribution >= 0.6 is 0 Å². The van der Waals surface area contributed by atoms with E-state index in [-0.39, 0.29) is 18.2 Å². The van der Waals surface area contributed by atoms with Gasteiger partial charge in [-0.05, 0) is 24.5 Å². The number of rotatable bonds is 8. The zero-order valence-electron chi connectivity index (χ0n) is 18.6. The standard InChI is InChI=1S/C29H27NO3/c1-21-11-8-9-16-24(21)27-25(28(32)22-12-4-2-5-13-22)19-30(17-10-18-31)20-26(27)29(33)23-14-6-3-7-15-23/h2-9,11-16,19-20,27,31H,10,17-18H2,1H3. The predicted molar refractivity (Wildman–Crippen MR) is 130 cm³/mol. The van der Waals surface area contributed by atoms with Crippen molar-refractivity contribution in [3.05, 3.63) is 131 Å². The van der Waals surface area contributed by atoms with Crippen molar-refractivity contribution in [2.24, 2.45) is 0 Å². The summed E-state index contributed by atoms with van der Waals surface area (Å²) in [6.07, 6.45) is 4.20. The summed E-state index contributed by atoms with van der Waals surface area (Å²) in [5.74, 6) is -0.703. The number of aliphatic hydroxyl groups excluding tert-OH is 1. The Labute approximate surface area is 194 Å². The first-order valence-electron chi connectivity index (χ1n) is 11.1. The van der Waals surface area contributed by atoms with Crippen LogP contribution in [0.25, 0.3) is 0 Å². The molecule has 0 unspecified atom stereocenters. The summed E-state index contributed by atoms with van der Waals surface area (Å²) in [5, 5.41) is 9.37. The summed E-state index contributed by atoms with van der Waals surface area (Å²) in [6, 6.07) is 26.2. The van der Waals surface area contributed by atoms with Gasteiger partial charge in [-0.3, -0.25) is 9.59 Å². The maximum atomic E-state index is 13.7. The molecule has 1 heterocycles. The van der Waals surface area contributed by atoms with Crippen molar-refractivity contribution in [3.63, 3.8) is 0 Å². The van der Waals surface area contributed by atoms with Gasteiger partial charge in [-0.25, -0.2) is 0 Å². The fourth-order valence-corrected chi connectivity index (χ4v) is 4.23. The second-order valence-corrected chi connectivity index (χ2v) is 8.16. The first-order chi connectivity index (χ1) is 16.1. The Kier molecular flexibility index (Phi) is 6.96. The SMILES string of the molecule is Cc1ccccc1C1C(C(=O)c2ccccc2)=CN(CCCO)C=C1C(=O)c1ccccc1. The minimum absolute atomic E-state index is 0.0311. The highest BCUT2D eigenvalue weighted by Crippen LogP contribution is 2.40. The summed E-state index contributed by atoms with van der Waals surface area (Å²) in [5.41, 5.74) is 4.22. The molecular formula is C29H27NO3. The summed E-state index contributed by atoms with van der Waals surface area (Å²) in [6.45, 7) is 2.54. The number of carbonyl (C=O) groups excluding carboxylic acids is 2. The molecule has 0 amide bonds. The van der Waals surface area contributed by atoms with Crippen molar-refractivity contribution in [2.45, 2.75) is 19.3 Å². The van der Waals surface area contributed by atoms with E-state index in [1.54, 1.807) is 24.3 Å². The third-order valence-electron chi connectivity index (χ3n) is 5.90. The molecule has 3 aromatic rings. The lowest BCUT2D eigenvalue weighted by Crippen LogP contribution is -2.29. The maximum Gasteiger partial charge on any atom is 0.191 e. The molecule has 4 nitrogen and oxygen atoms in total. The number of aryl methyl sites for hydroxylation is 1. The molecular weight excluding hydrogens is 410 g/mol. The predicted octanol–water partition coefficient (Wildman–Crippen LogP) is 5.31. The summed E-state index contributed by atoms with van der Waals surface area (Å²) in [7, 11) is 0. The van der Waals surface area contributed by atoms with E-state index in [4.69, 9.17) is 0 Å². The molecule has 0 fully saturated rings. The van der Waals surface area contributed by atoms with Gasteiger partial charge in [0, 0.05) is 53.7 Å². The van der Waals surface area contributed by atoms with Gasteiger partial charge in [-0.1, -0.05) is 84.9 Å². The monoisotopic (exact) mass is 437 g/mol. The zero-order chi connectivity index (χ0) is 23.2. The largest absolute Gasteiger partial charge is 0.396 e. The van der Waals surface area contributed by atoms with Crippen LogP contribution in [0.15, 0.2) is 108 Å². The lowest BCUT2D eigenvalue weighted by molar-refractivity contribution is 0.101. The van der Waals surface area contributed by atoms with Gasteiger partial charge in [0.05, 0.1) is 0 Å². The van der Waals surface area contributed by atoms with Crippen molar-refractivity contribution in [2.75, 3.05) is 13.2 Å². The summed E-state index contributed by atoms with van der Waals surface area (Å²) in [4.78, 5) is 29.3. The van der Waals surface area contributed by atoms with Crippen LogP contribution in [0.1, 0.15) is 44.2 Å². The van der Waals surface area contributed by atoms with Gasteiger partial charge in [0.2, 0.25) is 0 Å². The zero-order valence-corrected chi connectivity index (χ0v) is 18.6. The summed E-state index contributed by atoms with van der Waals surface area (Å²) < 4.78 is 0. The number of aliphatic hydroxyl groups is 1. The lowest BCUT2D eigenvalue weighted by Gasteiger charge is -2.32. The second kappa shape index (κ2) is 10.2. The Hall–Kier alpha value is -3.76. The van der Waals surface area contributed by atoms with Crippen LogP contribution in [0.3, 0.4) is 0 Å². The van der Waals surface area contributed by atoms with Crippen LogP contribution in [-0.4, -0.2) is 34.7 Å². The molecule has 1 aliphatic rings. The van der Waals surface area contributed by atoms with Gasteiger partial charge < -0.3 is 10.0 Å². The van der Waals surface area contributed by atoms with Gasteiger partial charge in [0.25, 0.3) is 0 Å². The molecule has 3 aromatic carbocycles. The molecule has 33 heavy (non-hydrogen) atoms. The molecule has 0 saturated heterocycles. The highest BCUT2D eigenvalue weighted by atomic mass is 16.3. The van der Waals surface area contributed by atoms with E-state index in [9.17, 15) is 14.7 Å². The molecule has 1 aliphatic heterocycles. The van der Waals surface area contributed by atoms with Crippen LogP contribution in [0, 0.1) is 6.92 Å². The van der Waals surface area contributed by atoms with E-state index in [1.807, 2.05) is 84.9 Å². The molecule has 0 saturated carbocycles. The molecule has 0 radical (unpaired) electrons. The van der Waals surface area contributed by atoms with Gasteiger partial charge in [0.15, 0.2) is 11.6 Å². The lowest BCUT2D eigenvalue weighted by atomic mass is 9.76. The van der Waals surface area contributed by atoms with Crippen molar-refractivity contribution >= 4 is 11.6 Å². The Morgan fingerprint density at radius 2 is 1.24 bits per heavy atom. The third-order valence-corrected chi connectivity index (χ3v) is 5.90. The third kappa shape index (κ3) is 4.86. The van der Waals surface area contributed by atoms with Gasteiger partial charge in [0.1, 0.15) is 0 Å². The van der Waals surface area contributed by atoms with E-state index < -0.39 is 5.92 Å². The van der Waals surface area contributed by atoms with Crippen molar-refractivity contribution in [3.8, 4) is 0 Å². The maximum absolute atomic E-state index is 13.7. The highest BCUT2D eigenvalue weighted by Gasteiger charge is 2.35. The minimum atomic E-state index is -0.489. The van der Waals surface area contributed by atoms with Crippen molar-refractivity contribution in [1.82, 2.24) is 4.90 Å². The Morgan fingerprint density at radius 1 is 0.758 bits per heavy atom. The highest BCUT2D eigenvalue weighted by molar-refractivity contribution is 6.15. The average Bonchev–Trinajstić information content (AvgIpc) is 2.87. The quantitative estimate of drug-likeness (QED) is 0.485. The number of nitrogens with zero attached hydrogens (tertiary/aromatic N) is 1. The van der Waals surface area contributed by atoms with Crippen LogP contribution in [0.4, 0.5) is 0 Å². The Morgan fingerprint density at radius 3 is 1.73 bits per heavy atom. The fourth-order valence-electron chi connectivity index (χ4n) is 4.23. The van der Waals surface area contributed by atoms with Gasteiger partial charge in [-0.2, -0.15) is 0 Å². The molecule has 4 heteroatoms. The van der Waals surface area contributed by atoms with E-state index >= 15 is 0 Å². The number of carbonyl (C=O) groups is 2. The van der Waals surface area contributed by atoms with Crippen LogP contribution < -0.4 is 0 Å². The van der Waals surface area contributed by atoms with Crippen LogP contribution in [0.5, 0.6) is 0 Å². The minimum Gasteiger partial charge on any atom is -0.396 e. The van der Waals surface area contributed by atoms with Crippen molar-refractivity contribution in [1.29, 1.82) is 0 Å². The van der Waals surface area contributed by atoms with Crippen LogP contribution in [0.2, 0.25) is 0 Å². The number of hydrogen-bond donors (Lipinski definition) is 1. The topological polar surface area (TPSA) is 57.6 Å². The molecule has 0 bridgehead atoms. The molecule has 0 spiro atoms. The van der Waals surface area contributed by atoms with E-state index in [1.165, 1.54) is 0 Å². The van der Waals surface area contributed by atoms with Gasteiger partial charge in [-0.15, -0.1) is 0 Å². The molecule has 0 aromatic heterocycles. The van der Waals surface area contributed by atoms with E-state index in [2.05, 4.69) is 0 Å². The normalized spacial score (nSPS) is 13.9. The molecule has 0 atom stereocenters. The summed E-state index contributed by atoms with van der Waals surface area (Å²) >= 11 is 0. The number of ketones is 2. The number of Topliss-reactive ketones (excluding diaryl/α,β-unsaturated/α-hetero) is 2. The fraction of sp³-hybridized carbons (Fsp3) is 0.172. The van der Waals surface area contributed by atoms with Crippen molar-refractivity contribution < 1.29 is 14.7 Å². The van der Waals surface area contributed by atoms with E-state index in [0.717, 1.165) is 11.1 Å². The second-order valence-electron chi connectivity index (χ2n) is 8.16. The Balaban J connectivity index is 1.88. The molecule has 166 valence electrons.